The van der Waals surface area contributed by atoms with Gasteiger partial charge in [-0.05, 0) is 51.9 Å². The number of likely N-dealkylation sites (tertiary alicyclic amines) is 1. The number of nitrogens with one attached hydrogen (secondary N) is 1. The summed E-state index contributed by atoms with van der Waals surface area (Å²) in [6, 6.07) is 3.70. The summed E-state index contributed by atoms with van der Waals surface area (Å²) in [5, 5.41) is 2.97. The van der Waals surface area contributed by atoms with Crippen molar-refractivity contribution in [1.82, 2.24) is 20.2 Å². The van der Waals surface area contributed by atoms with E-state index in [2.05, 4.69) is 20.2 Å². The Hall–Kier alpha value is -2.41. The highest BCUT2D eigenvalue weighted by Crippen LogP contribution is 2.29. The van der Waals surface area contributed by atoms with Crippen molar-refractivity contribution in [3.8, 4) is 5.88 Å². The normalized spacial score (nSPS) is 20.3. The van der Waals surface area contributed by atoms with E-state index in [4.69, 9.17) is 9.15 Å². The van der Waals surface area contributed by atoms with E-state index in [1.165, 1.54) is 0 Å². The molecule has 0 aliphatic carbocycles. The second-order valence-corrected chi connectivity index (χ2v) is 7.46. The van der Waals surface area contributed by atoms with E-state index >= 15 is 0 Å². The van der Waals surface area contributed by atoms with Crippen LogP contribution in [0.15, 0.2) is 22.8 Å². The molecule has 7 nitrogen and oxygen atoms in total. The fourth-order valence-electron chi connectivity index (χ4n) is 3.96. The summed E-state index contributed by atoms with van der Waals surface area (Å²) in [7, 11) is 0. The largest absolute Gasteiger partial charge is 0.472 e. The second kappa shape index (κ2) is 7.68. The maximum atomic E-state index is 12.4. The van der Waals surface area contributed by atoms with Crippen LogP contribution in [0.1, 0.15) is 35.7 Å². The zero-order valence-electron chi connectivity index (χ0n) is 15.9. The molecule has 1 atom stereocenters. The van der Waals surface area contributed by atoms with E-state index in [1.807, 2.05) is 26.0 Å². The van der Waals surface area contributed by atoms with Gasteiger partial charge in [-0.2, -0.15) is 4.98 Å². The summed E-state index contributed by atoms with van der Waals surface area (Å²) in [6.07, 6.45) is 4.37. The summed E-state index contributed by atoms with van der Waals surface area (Å²) in [5.74, 6) is 2.49. The second-order valence-electron chi connectivity index (χ2n) is 7.46. The lowest BCUT2D eigenvalue weighted by atomic mass is 9.95. The lowest BCUT2D eigenvalue weighted by Crippen LogP contribution is -2.43. The van der Waals surface area contributed by atoms with Gasteiger partial charge in [0, 0.05) is 30.1 Å². The van der Waals surface area contributed by atoms with Gasteiger partial charge in [-0.25, -0.2) is 4.98 Å². The molecule has 0 aromatic carbocycles. The first-order chi connectivity index (χ1) is 13.1. The molecule has 0 saturated carbocycles. The maximum Gasteiger partial charge on any atom is 0.223 e. The lowest BCUT2D eigenvalue weighted by molar-refractivity contribution is -0.126. The standard InChI is InChI=1S/C20H26N4O3/c1-13-18-10-17(27-20(18)23-14(2)22-13)12-24-7-5-15(6-8-24)19(25)21-11-16-4-3-9-26-16/h3-4,9,15,17H,5-8,10-12H2,1-2H3,(H,21,25). The third-order valence-electron chi connectivity index (χ3n) is 5.43. The molecule has 2 aliphatic heterocycles. The Morgan fingerprint density at radius 1 is 1.30 bits per heavy atom. The third kappa shape index (κ3) is 4.13. The molecule has 144 valence electrons. The van der Waals surface area contributed by atoms with Gasteiger partial charge in [-0.15, -0.1) is 0 Å². The number of piperidine rings is 1. The summed E-state index contributed by atoms with van der Waals surface area (Å²) in [6.45, 7) is 7.07. The van der Waals surface area contributed by atoms with Crippen LogP contribution in [0.5, 0.6) is 5.88 Å². The number of aryl methyl sites for hydroxylation is 2. The van der Waals surface area contributed by atoms with Gasteiger partial charge in [0.25, 0.3) is 0 Å². The number of fused-ring (bicyclic) bond motifs is 1. The topological polar surface area (TPSA) is 80.5 Å². The van der Waals surface area contributed by atoms with E-state index in [-0.39, 0.29) is 17.9 Å². The molecule has 4 rings (SSSR count). The Balaban J connectivity index is 1.23. The molecule has 2 aromatic heterocycles. The molecule has 27 heavy (non-hydrogen) atoms. The summed E-state index contributed by atoms with van der Waals surface area (Å²) >= 11 is 0. The van der Waals surface area contributed by atoms with E-state index in [9.17, 15) is 4.79 Å². The predicted octanol–water partition coefficient (Wildman–Crippen LogP) is 2.02. The van der Waals surface area contributed by atoms with Crippen molar-refractivity contribution in [3.63, 3.8) is 0 Å². The summed E-state index contributed by atoms with van der Waals surface area (Å²) in [5.41, 5.74) is 2.16. The van der Waals surface area contributed by atoms with Crippen LogP contribution in [0.4, 0.5) is 0 Å². The monoisotopic (exact) mass is 370 g/mol. The fraction of sp³-hybridized carbons (Fsp3) is 0.550. The van der Waals surface area contributed by atoms with Crippen molar-refractivity contribution in [3.05, 3.63) is 41.2 Å². The number of ether oxygens (including phenoxy) is 1. The van der Waals surface area contributed by atoms with Gasteiger partial charge in [0.2, 0.25) is 11.8 Å². The average Bonchev–Trinajstić information content (AvgIpc) is 3.30. The molecule has 7 heteroatoms. The van der Waals surface area contributed by atoms with E-state index in [0.717, 1.165) is 67.6 Å². The van der Waals surface area contributed by atoms with Gasteiger partial charge in [-0.1, -0.05) is 0 Å². The Morgan fingerprint density at radius 2 is 2.11 bits per heavy atom. The minimum atomic E-state index is 0.0775. The molecule has 2 aromatic rings. The van der Waals surface area contributed by atoms with Crippen LogP contribution in [-0.2, 0) is 17.8 Å². The molecule has 4 heterocycles. The number of aromatic nitrogens is 2. The van der Waals surface area contributed by atoms with Gasteiger partial charge < -0.3 is 14.5 Å². The van der Waals surface area contributed by atoms with Crippen LogP contribution in [0.25, 0.3) is 0 Å². The highest BCUT2D eigenvalue weighted by molar-refractivity contribution is 5.78. The Kier molecular flexibility index (Phi) is 5.11. The molecule has 1 amide bonds. The number of hydrogen-bond acceptors (Lipinski definition) is 6. The van der Waals surface area contributed by atoms with Crippen molar-refractivity contribution >= 4 is 5.91 Å². The first-order valence-corrected chi connectivity index (χ1v) is 9.61. The fourth-order valence-corrected chi connectivity index (χ4v) is 3.96. The first kappa shape index (κ1) is 18.0. The number of amides is 1. The highest BCUT2D eigenvalue weighted by atomic mass is 16.5. The number of hydrogen-bond donors (Lipinski definition) is 1. The number of nitrogens with zero attached hydrogens (tertiary/aromatic N) is 3. The van der Waals surface area contributed by atoms with Gasteiger partial charge in [0.15, 0.2) is 0 Å². The Morgan fingerprint density at radius 3 is 2.85 bits per heavy atom. The van der Waals surface area contributed by atoms with Crippen LogP contribution >= 0.6 is 0 Å². The maximum absolute atomic E-state index is 12.4. The van der Waals surface area contributed by atoms with Crippen LogP contribution in [0.2, 0.25) is 0 Å². The van der Waals surface area contributed by atoms with Crippen LogP contribution < -0.4 is 10.1 Å². The Bertz CT molecular complexity index is 798. The third-order valence-corrected chi connectivity index (χ3v) is 5.43. The molecule has 1 fully saturated rings. The van der Waals surface area contributed by atoms with Gasteiger partial charge in [-0.3, -0.25) is 9.69 Å². The molecule has 0 bridgehead atoms. The highest BCUT2D eigenvalue weighted by Gasteiger charge is 2.31. The van der Waals surface area contributed by atoms with Crippen molar-refractivity contribution in [2.75, 3.05) is 19.6 Å². The molecule has 1 N–H and O–H groups in total. The van der Waals surface area contributed by atoms with Crippen LogP contribution in [0.3, 0.4) is 0 Å². The zero-order chi connectivity index (χ0) is 18.8. The van der Waals surface area contributed by atoms with E-state index in [0.29, 0.717) is 6.54 Å². The smallest absolute Gasteiger partial charge is 0.223 e. The first-order valence-electron chi connectivity index (χ1n) is 9.61. The summed E-state index contributed by atoms with van der Waals surface area (Å²) in [4.78, 5) is 23.6. The van der Waals surface area contributed by atoms with Crippen molar-refractivity contribution in [2.45, 2.75) is 45.8 Å². The zero-order valence-corrected chi connectivity index (χ0v) is 15.9. The quantitative estimate of drug-likeness (QED) is 0.867. The SMILES string of the molecule is Cc1nc(C)c2c(n1)OC(CN1CCC(C(=O)NCc3ccco3)CC1)C2. The number of furan rings is 1. The molecule has 2 aliphatic rings. The molecular formula is C20H26N4O3. The van der Waals surface area contributed by atoms with Gasteiger partial charge in [0.1, 0.15) is 17.7 Å². The van der Waals surface area contributed by atoms with Crippen molar-refractivity contribution in [1.29, 1.82) is 0 Å². The molecule has 1 saturated heterocycles. The van der Waals surface area contributed by atoms with Gasteiger partial charge >= 0.3 is 0 Å². The average molecular weight is 370 g/mol. The lowest BCUT2D eigenvalue weighted by Gasteiger charge is -2.32. The molecule has 1 unspecified atom stereocenters. The molecule has 0 spiro atoms. The van der Waals surface area contributed by atoms with E-state index < -0.39 is 0 Å². The Labute approximate surface area is 159 Å². The van der Waals surface area contributed by atoms with Crippen molar-refractivity contribution < 1.29 is 13.9 Å². The minimum absolute atomic E-state index is 0.0775. The number of carbonyl (C=O) groups is 1. The van der Waals surface area contributed by atoms with E-state index in [1.54, 1.807) is 6.26 Å². The van der Waals surface area contributed by atoms with Crippen LogP contribution in [0, 0.1) is 19.8 Å². The number of carbonyl (C=O) groups excluding carboxylic acids is 1. The minimum Gasteiger partial charge on any atom is -0.472 e. The number of rotatable bonds is 5. The summed E-state index contributed by atoms with van der Waals surface area (Å²) < 4.78 is 11.3. The van der Waals surface area contributed by atoms with Gasteiger partial charge in [0.05, 0.1) is 12.8 Å². The predicted molar refractivity (Wildman–Crippen MR) is 99.3 cm³/mol. The van der Waals surface area contributed by atoms with Crippen molar-refractivity contribution in [2.24, 2.45) is 5.92 Å². The van der Waals surface area contributed by atoms with Crippen LogP contribution in [-0.4, -0.2) is 46.5 Å². The molecule has 0 radical (unpaired) electrons. The molecular weight excluding hydrogens is 344 g/mol.